The Labute approximate surface area is 92.3 Å². The first-order valence-corrected chi connectivity index (χ1v) is 4.83. The quantitative estimate of drug-likeness (QED) is 0.858. The van der Waals surface area contributed by atoms with Crippen LogP contribution in [0.15, 0.2) is 33.7 Å². The summed E-state index contributed by atoms with van der Waals surface area (Å²) in [6.45, 7) is 0. The number of H-pyrrole nitrogens is 1. The minimum Gasteiger partial charge on any atom is -0.266 e. The van der Waals surface area contributed by atoms with E-state index in [1.807, 2.05) is 0 Å². The molecule has 0 aliphatic rings. The summed E-state index contributed by atoms with van der Waals surface area (Å²) in [5.74, 6) is -0.0153. The number of aromatic amines is 1. The molecule has 1 aromatic carbocycles. The fourth-order valence-corrected chi connectivity index (χ4v) is 1.44. The van der Waals surface area contributed by atoms with Crippen molar-refractivity contribution in [2.24, 2.45) is 0 Å². The molecule has 0 bridgehead atoms. The van der Waals surface area contributed by atoms with Gasteiger partial charge in [0, 0.05) is 5.56 Å². The zero-order chi connectivity index (χ0) is 10.8. The van der Waals surface area contributed by atoms with E-state index in [0.29, 0.717) is 15.9 Å². The third-order valence-corrected chi connectivity index (χ3v) is 2.36. The molecular weight excluding hydrogens is 265 g/mol. The summed E-state index contributed by atoms with van der Waals surface area (Å²) in [7, 11) is 0. The predicted molar refractivity (Wildman–Crippen MR) is 55.7 cm³/mol. The van der Waals surface area contributed by atoms with Crippen molar-refractivity contribution in [3.8, 4) is 11.4 Å². The average Bonchev–Trinajstić information content (AvgIpc) is 2.23. The van der Waals surface area contributed by atoms with Crippen molar-refractivity contribution < 1.29 is 4.39 Å². The summed E-state index contributed by atoms with van der Waals surface area (Å²) >= 11 is 3.06. The van der Waals surface area contributed by atoms with E-state index in [0.717, 1.165) is 6.20 Å². The van der Waals surface area contributed by atoms with E-state index in [2.05, 4.69) is 31.1 Å². The van der Waals surface area contributed by atoms with Crippen LogP contribution in [-0.2, 0) is 0 Å². The number of nitrogens with zero attached hydrogens (tertiary/aromatic N) is 2. The number of nitrogens with one attached hydrogen (secondary N) is 1. The first-order chi connectivity index (χ1) is 7.16. The van der Waals surface area contributed by atoms with E-state index >= 15 is 0 Å². The van der Waals surface area contributed by atoms with Crippen LogP contribution in [0.2, 0.25) is 0 Å². The van der Waals surface area contributed by atoms with E-state index in [1.165, 1.54) is 12.1 Å². The van der Waals surface area contributed by atoms with Crippen LogP contribution in [0.5, 0.6) is 0 Å². The van der Waals surface area contributed by atoms with Crippen molar-refractivity contribution in [3.63, 3.8) is 0 Å². The Morgan fingerprint density at radius 1 is 1.40 bits per heavy atom. The molecule has 4 nitrogen and oxygen atoms in total. The van der Waals surface area contributed by atoms with E-state index in [1.54, 1.807) is 6.07 Å². The smallest absolute Gasteiger partial charge is 0.266 e. The number of benzene rings is 1. The van der Waals surface area contributed by atoms with Crippen LogP contribution >= 0.6 is 15.9 Å². The number of halogens is 2. The zero-order valence-electron chi connectivity index (χ0n) is 7.37. The number of hydrogen-bond donors (Lipinski definition) is 1. The summed E-state index contributed by atoms with van der Waals surface area (Å²) < 4.78 is 13.3. The van der Waals surface area contributed by atoms with Crippen molar-refractivity contribution in [1.29, 1.82) is 0 Å². The lowest BCUT2D eigenvalue weighted by atomic mass is 10.2. The Kier molecular flexibility index (Phi) is 2.59. The van der Waals surface area contributed by atoms with Crippen molar-refractivity contribution in [1.82, 2.24) is 15.2 Å². The third kappa shape index (κ3) is 2.10. The molecule has 0 aliphatic heterocycles. The topological polar surface area (TPSA) is 58.6 Å². The second-order valence-corrected chi connectivity index (χ2v) is 3.65. The second-order valence-electron chi connectivity index (χ2n) is 2.80. The Hall–Kier alpha value is -1.56. The maximum absolute atomic E-state index is 12.9. The van der Waals surface area contributed by atoms with Crippen LogP contribution in [0.3, 0.4) is 0 Å². The normalized spacial score (nSPS) is 10.3. The second kappa shape index (κ2) is 3.90. The standard InChI is InChI=1S/C9H5BrFN3O/c10-6-3-5(1-2-7(6)11)9-12-4-8(15)13-14-9/h1-4H,(H,13,15). The summed E-state index contributed by atoms with van der Waals surface area (Å²) in [4.78, 5) is 14.5. The molecule has 1 aromatic heterocycles. The highest BCUT2D eigenvalue weighted by Gasteiger charge is 2.04. The van der Waals surface area contributed by atoms with Gasteiger partial charge in [-0.15, -0.1) is 0 Å². The Morgan fingerprint density at radius 3 is 2.80 bits per heavy atom. The van der Waals surface area contributed by atoms with Crippen molar-refractivity contribution in [3.05, 3.63) is 45.0 Å². The predicted octanol–water partition coefficient (Wildman–Crippen LogP) is 1.73. The molecule has 0 spiro atoms. The van der Waals surface area contributed by atoms with Gasteiger partial charge < -0.3 is 0 Å². The zero-order valence-corrected chi connectivity index (χ0v) is 8.95. The maximum atomic E-state index is 12.9. The van der Waals surface area contributed by atoms with Crippen molar-refractivity contribution in [2.75, 3.05) is 0 Å². The molecular formula is C9H5BrFN3O. The minimum absolute atomic E-state index is 0.329. The van der Waals surface area contributed by atoms with Crippen molar-refractivity contribution >= 4 is 15.9 Å². The maximum Gasteiger partial charge on any atom is 0.282 e. The van der Waals surface area contributed by atoms with Crippen LogP contribution in [-0.4, -0.2) is 15.2 Å². The Bertz CT molecular complexity index is 535. The van der Waals surface area contributed by atoms with Gasteiger partial charge in [-0.05, 0) is 34.1 Å². The van der Waals surface area contributed by atoms with Crippen molar-refractivity contribution in [2.45, 2.75) is 0 Å². The monoisotopic (exact) mass is 269 g/mol. The molecule has 0 atom stereocenters. The number of hydrogen-bond acceptors (Lipinski definition) is 3. The molecule has 15 heavy (non-hydrogen) atoms. The fourth-order valence-electron chi connectivity index (χ4n) is 1.06. The van der Waals surface area contributed by atoms with Gasteiger partial charge in [0.05, 0.1) is 10.7 Å². The number of rotatable bonds is 1. The Balaban J connectivity index is 2.50. The lowest BCUT2D eigenvalue weighted by Gasteiger charge is -1.99. The van der Waals surface area contributed by atoms with Crippen LogP contribution < -0.4 is 5.56 Å². The van der Waals surface area contributed by atoms with Gasteiger partial charge in [0.1, 0.15) is 5.82 Å². The van der Waals surface area contributed by atoms with Crippen LogP contribution in [0, 0.1) is 5.82 Å². The van der Waals surface area contributed by atoms with E-state index in [-0.39, 0.29) is 11.4 Å². The first kappa shape index (κ1) is 9.97. The molecule has 0 radical (unpaired) electrons. The lowest BCUT2D eigenvalue weighted by Crippen LogP contribution is -2.08. The highest BCUT2D eigenvalue weighted by Crippen LogP contribution is 2.21. The van der Waals surface area contributed by atoms with Gasteiger partial charge in [-0.2, -0.15) is 5.10 Å². The van der Waals surface area contributed by atoms with E-state index in [4.69, 9.17) is 0 Å². The summed E-state index contributed by atoms with van der Waals surface area (Å²) in [5, 5.41) is 5.98. The van der Waals surface area contributed by atoms with Gasteiger partial charge >= 0.3 is 0 Å². The fraction of sp³-hybridized carbons (Fsp3) is 0. The molecule has 2 aromatic rings. The third-order valence-electron chi connectivity index (χ3n) is 1.75. The molecule has 1 N–H and O–H groups in total. The highest BCUT2D eigenvalue weighted by atomic mass is 79.9. The average molecular weight is 270 g/mol. The SMILES string of the molecule is O=c1cnc(-c2ccc(F)c(Br)c2)n[nH]1. The van der Waals surface area contributed by atoms with Gasteiger partial charge in [0.15, 0.2) is 5.82 Å². The molecule has 0 saturated heterocycles. The molecule has 0 amide bonds. The van der Waals surface area contributed by atoms with Gasteiger partial charge in [0.2, 0.25) is 0 Å². The molecule has 76 valence electrons. The molecule has 0 saturated carbocycles. The largest absolute Gasteiger partial charge is 0.282 e. The molecule has 6 heteroatoms. The molecule has 0 aliphatic carbocycles. The summed E-state index contributed by atoms with van der Waals surface area (Å²) in [5.41, 5.74) is 0.249. The molecule has 2 rings (SSSR count). The number of aromatic nitrogens is 3. The highest BCUT2D eigenvalue weighted by molar-refractivity contribution is 9.10. The van der Waals surface area contributed by atoms with Crippen LogP contribution in [0.4, 0.5) is 4.39 Å². The first-order valence-electron chi connectivity index (χ1n) is 4.04. The van der Waals surface area contributed by atoms with Gasteiger partial charge in [-0.3, -0.25) is 4.79 Å². The minimum atomic E-state index is -0.375. The summed E-state index contributed by atoms with van der Waals surface area (Å²) in [6, 6.07) is 4.38. The molecule has 0 unspecified atom stereocenters. The van der Waals surface area contributed by atoms with Crippen LogP contribution in [0.1, 0.15) is 0 Å². The summed E-state index contributed by atoms with van der Waals surface area (Å²) in [6.07, 6.45) is 1.12. The molecule has 1 heterocycles. The van der Waals surface area contributed by atoms with Gasteiger partial charge in [0.25, 0.3) is 5.56 Å². The molecule has 0 fully saturated rings. The van der Waals surface area contributed by atoms with E-state index < -0.39 is 0 Å². The van der Waals surface area contributed by atoms with Crippen LogP contribution in [0.25, 0.3) is 11.4 Å². The van der Waals surface area contributed by atoms with Gasteiger partial charge in [-0.1, -0.05) is 0 Å². The lowest BCUT2D eigenvalue weighted by molar-refractivity contribution is 0.621. The van der Waals surface area contributed by atoms with Gasteiger partial charge in [-0.25, -0.2) is 14.5 Å². The Morgan fingerprint density at radius 2 is 2.20 bits per heavy atom. The van der Waals surface area contributed by atoms with E-state index in [9.17, 15) is 9.18 Å².